The molecule has 2 aromatic carbocycles. The van der Waals surface area contributed by atoms with Gasteiger partial charge in [-0.2, -0.15) is 0 Å². The SMILES string of the molecule is O/N=C(/C[C@@H]1CC[C@H](c2ccccc2)C1)Nc1cccc(Cl)c1. The first-order valence-corrected chi connectivity index (χ1v) is 8.41. The minimum atomic E-state index is 0.540. The van der Waals surface area contributed by atoms with Gasteiger partial charge in [0.25, 0.3) is 0 Å². The minimum Gasteiger partial charge on any atom is -0.409 e. The lowest BCUT2D eigenvalue weighted by atomic mass is 9.95. The molecule has 1 aliphatic rings. The van der Waals surface area contributed by atoms with Gasteiger partial charge in [0.15, 0.2) is 0 Å². The smallest absolute Gasteiger partial charge is 0.146 e. The Kier molecular flexibility index (Phi) is 5.19. The van der Waals surface area contributed by atoms with Gasteiger partial charge in [0.1, 0.15) is 5.84 Å². The molecule has 1 aliphatic carbocycles. The van der Waals surface area contributed by atoms with Crippen LogP contribution in [-0.2, 0) is 0 Å². The van der Waals surface area contributed by atoms with E-state index in [1.54, 1.807) is 0 Å². The van der Waals surface area contributed by atoms with Gasteiger partial charge in [-0.3, -0.25) is 0 Å². The van der Waals surface area contributed by atoms with E-state index in [-0.39, 0.29) is 0 Å². The van der Waals surface area contributed by atoms with Crippen molar-refractivity contribution in [2.75, 3.05) is 5.32 Å². The maximum absolute atomic E-state index is 9.29. The van der Waals surface area contributed by atoms with Crippen LogP contribution in [0.5, 0.6) is 0 Å². The van der Waals surface area contributed by atoms with Crippen LogP contribution < -0.4 is 5.32 Å². The molecule has 0 aliphatic heterocycles. The summed E-state index contributed by atoms with van der Waals surface area (Å²) in [6.45, 7) is 0. The molecule has 0 aromatic heterocycles. The van der Waals surface area contributed by atoms with Crippen molar-refractivity contribution in [2.24, 2.45) is 11.1 Å². The lowest BCUT2D eigenvalue weighted by molar-refractivity contribution is 0.316. The molecule has 2 N–H and O–H groups in total. The highest BCUT2D eigenvalue weighted by Crippen LogP contribution is 2.39. The van der Waals surface area contributed by atoms with Crippen LogP contribution in [0.2, 0.25) is 5.02 Å². The molecule has 0 heterocycles. The topological polar surface area (TPSA) is 44.6 Å². The first-order chi connectivity index (χ1) is 11.2. The zero-order valence-electron chi connectivity index (χ0n) is 13.0. The largest absolute Gasteiger partial charge is 0.409 e. The Bertz CT molecular complexity index is 672. The summed E-state index contributed by atoms with van der Waals surface area (Å²) in [5, 5.41) is 16.6. The number of nitrogens with zero attached hydrogens (tertiary/aromatic N) is 1. The van der Waals surface area contributed by atoms with Crippen LogP contribution >= 0.6 is 11.6 Å². The molecule has 23 heavy (non-hydrogen) atoms. The highest BCUT2D eigenvalue weighted by atomic mass is 35.5. The second-order valence-electron chi connectivity index (χ2n) is 6.17. The van der Waals surface area contributed by atoms with Gasteiger partial charge in [0.05, 0.1) is 0 Å². The molecule has 0 unspecified atom stereocenters. The van der Waals surface area contributed by atoms with E-state index in [2.05, 4.69) is 40.8 Å². The molecular formula is C19H21ClN2O. The lowest BCUT2D eigenvalue weighted by Crippen LogP contribution is -2.16. The molecule has 0 radical (unpaired) electrons. The Hall–Kier alpha value is -2.00. The molecular weight excluding hydrogens is 308 g/mol. The zero-order valence-corrected chi connectivity index (χ0v) is 13.7. The van der Waals surface area contributed by atoms with Gasteiger partial charge in [0, 0.05) is 17.1 Å². The monoisotopic (exact) mass is 328 g/mol. The normalized spacial score (nSPS) is 21.3. The van der Waals surface area contributed by atoms with Crippen LogP contribution in [0.3, 0.4) is 0 Å². The third-order valence-corrected chi connectivity index (χ3v) is 4.76. The van der Waals surface area contributed by atoms with Crippen LogP contribution in [0.1, 0.15) is 37.2 Å². The van der Waals surface area contributed by atoms with Gasteiger partial charge in [-0.05, 0) is 54.9 Å². The number of amidine groups is 1. The standard InChI is InChI=1S/C19H21ClN2O/c20-17-7-4-8-18(13-17)21-19(22-23)12-14-9-10-16(11-14)15-5-2-1-3-6-15/h1-8,13-14,16,23H,9-12H2,(H,21,22)/t14-,16+/m1/s1. The summed E-state index contributed by atoms with van der Waals surface area (Å²) in [4.78, 5) is 0. The van der Waals surface area contributed by atoms with Gasteiger partial charge in [-0.1, -0.05) is 53.2 Å². The first-order valence-electron chi connectivity index (χ1n) is 8.03. The molecule has 120 valence electrons. The molecule has 1 fully saturated rings. The van der Waals surface area contributed by atoms with Gasteiger partial charge < -0.3 is 10.5 Å². The van der Waals surface area contributed by atoms with E-state index in [9.17, 15) is 5.21 Å². The van der Waals surface area contributed by atoms with Crippen molar-refractivity contribution in [3.8, 4) is 0 Å². The van der Waals surface area contributed by atoms with Crippen molar-refractivity contribution in [3.05, 3.63) is 65.2 Å². The number of nitrogens with one attached hydrogen (secondary N) is 1. The average molecular weight is 329 g/mol. The Morgan fingerprint density at radius 2 is 1.96 bits per heavy atom. The summed E-state index contributed by atoms with van der Waals surface area (Å²) in [6.07, 6.45) is 4.26. The first kappa shape index (κ1) is 15.9. The van der Waals surface area contributed by atoms with E-state index < -0.39 is 0 Å². The number of rotatable bonds is 4. The Morgan fingerprint density at radius 1 is 1.13 bits per heavy atom. The quantitative estimate of drug-likeness (QED) is 0.336. The number of hydrogen-bond acceptors (Lipinski definition) is 2. The molecule has 0 amide bonds. The second kappa shape index (κ2) is 7.51. The van der Waals surface area contributed by atoms with E-state index in [1.807, 2.05) is 24.3 Å². The lowest BCUT2D eigenvalue weighted by Gasteiger charge is -2.14. The average Bonchev–Trinajstić information content (AvgIpc) is 3.04. The van der Waals surface area contributed by atoms with Crippen LogP contribution in [0.15, 0.2) is 59.8 Å². The van der Waals surface area contributed by atoms with Crippen molar-refractivity contribution in [1.29, 1.82) is 0 Å². The van der Waals surface area contributed by atoms with Crippen LogP contribution in [-0.4, -0.2) is 11.0 Å². The predicted molar refractivity (Wildman–Crippen MR) is 95.4 cm³/mol. The Morgan fingerprint density at radius 3 is 2.70 bits per heavy atom. The molecule has 2 atom stereocenters. The summed E-state index contributed by atoms with van der Waals surface area (Å²) in [7, 11) is 0. The van der Waals surface area contributed by atoms with Gasteiger partial charge >= 0.3 is 0 Å². The molecule has 0 spiro atoms. The Labute approximate surface area is 142 Å². The van der Waals surface area contributed by atoms with E-state index in [0.29, 0.717) is 22.7 Å². The second-order valence-corrected chi connectivity index (χ2v) is 6.61. The maximum Gasteiger partial charge on any atom is 0.146 e. The van der Waals surface area contributed by atoms with Gasteiger partial charge in [-0.25, -0.2) is 0 Å². The molecule has 1 saturated carbocycles. The Balaban J connectivity index is 1.58. The van der Waals surface area contributed by atoms with Crippen molar-refractivity contribution >= 4 is 23.1 Å². The van der Waals surface area contributed by atoms with Crippen molar-refractivity contribution in [2.45, 2.75) is 31.6 Å². The molecule has 4 heteroatoms. The predicted octanol–water partition coefficient (Wildman–Crippen LogP) is 5.51. The van der Waals surface area contributed by atoms with Gasteiger partial charge in [0.2, 0.25) is 0 Å². The van der Waals surface area contributed by atoms with E-state index in [1.165, 1.54) is 12.0 Å². The van der Waals surface area contributed by atoms with E-state index >= 15 is 0 Å². The summed E-state index contributed by atoms with van der Waals surface area (Å²) in [5.74, 6) is 1.76. The molecule has 3 rings (SSSR count). The fraction of sp³-hybridized carbons (Fsp3) is 0.316. The molecule has 2 aromatic rings. The van der Waals surface area contributed by atoms with Crippen LogP contribution in [0.4, 0.5) is 5.69 Å². The summed E-state index contributed by atoms with van der Waals surface area (Å²) < 4.78 is 0. The molecule has 0 saturated heterocycles. The van der Waals surface area contributed by atoms with Gasteiger partial charge in [-0.15, -0.1) is 0 Å². The van der Waals surface area contributed by atoms with Crippen molar-refractivity contribution in [1.82, 2.24) is 0 Å². The maximum atomic E-state index is 9.29. The highest BCUT2D eigenvalue weighted by molar-refractivity contribution is 6.30. The number of anilines is 1. The number of benzene rings is 2. The summed E-state index contributed by atoms with van der Waals surface area (Å²) in [6, 6.07) is 18.1. The summed E-state index contributed by atoms with van der Waals surface area (Å²) >= 11 is 5.99. The third kappa shape index (κ3) is 4.26. The van der Waals surface area contributed by atoms with Crippen LogP contribution in [0.25, 0.3) is 0 Å². The fourth-order valence-electron chi connectivity index (χ4n) is 3.41. The van der Waals surface area contributed by atoms with Crippen molar-refractivity contribution < 1.29 is 5.21 Å². The third-order valence-electron chi connectivity index (χ3n) is 4.53. The number of halogens is 1. The minimum absolute atomic E-state index is 0.540. The van der Waals surface area contributed by atoms with Crippen LogP contribution in [0, 0.1) is 5.92 Å². The van der Waals surface area contributed by atoms with Crippen molar-refractivity contribution in [3.63, 3.8) is 0 Å². The van der Waals surface area contributed by atoms with E-state index in [0.717, 1.165) is 24.9 Å². The highest BCUT2D eigenvalue weighted by Gasteiger charge is 2.27. The molecule has 3 nitrogen and oxygen atoms in total. The fourth-order valence-corrected chi connectivity index (χ4v) is 3.60. The molecule has 0 bridgehead atoms. The number of hydrogen-bond donors (Lipinski definition) is 2. The zero-order chi connectivity index (χ0) is 16.1. The van der Waals surface area contributed by atoms with E-state index in [4.69, 9.17) is 11.6 Å². The summed E-state index contributed by atoms with van der Waals surface area (Å²) in [5.41, 5.74) is 2.27. The number of oxime groups is 1.